The molecule has 7 heteroatoms. The van der Waals surface area contributed by atoms with Crippen molar-refractivity contribution in [2.24, 2.45) is 4.99 Å². The summed E-state index contributed by atoms with van der Waals surface area (Å²) in [4.78, 5) is 17.7. The zero-order valence-corrected chi connectivity index (χ0v) is 17.4. The number of carbonyl (C=O) groups is 1. The van der Waals surface area contributed by atoms with Gasteiger partial charge in [-0.1, -0.05) is 13.3 Å². The van der Waals surface area contributed by atoms with Gasteiger partial charge in [-0.2, -0.15) is 11.8 Å². The monoisotopic (exact) mass is 442 g/mol. The van der Waals surface area contributed by atoms with Crippen molar-refractivity contribution in [1.29, 1.82) is 0 Å². The van der Waals surface area contributed by atoms with Gasteiger partial charge in [0.25, 0.3) is 0 Å². The van der Waals surface area contributed by atoms with E-state index in [2.05, 4.69) is 28.8 Å². The molecule has 0 spiro atoms. The van der Waals surface area contributed by atoms with Gasteiger partial charge in [0.2, 0.25) is 5.91 Å². The highest BCUT2D eigenvalue weighted by molar-refractivity contribution is 14.0. The molecule has 0 aromatic heterocycles. The summed E-state index contributed by atoms with van der Waals surface area (Å²) in [6, 6.07) is 0.477. The number of amides is 1. The second kappa shape index (κ2) is 12.3. The molecule has 0 radical (unpaired) electrons. The SMILES string of the molecule is CCCCNC(=NCC(=O)N(C)C)NC1CCC(SC)C1.I. The van der Waals surface area contributed by atoms with Crippen LogP contribution < -0.4 is 10.6 Å². The van der Waals surface area contributed by atoms with E-state index in [0.717, 1.165) is 30.6 Å². The van der Waals surface area contributed by atoms with Gasteiger partial charge in [-0.25, -0.2) is 4.99 Å². The van der Waals surface area contributed by atoms with Gasteiger partial charge in [0.15, 0.2) is 5.96 Å². The zero-order valence-electron chi connectivity index (χ0n) is 14.2. The van der Waals surface area contributed by atoms with Crippen LogP contribution in [0.5, 0.6) is 0 Å². The van der Waals surface area contributed by atoms with Crippen LogP contribution >= 0.6 is 35.7 Å². The first kappa shape index (κ1) is 21.8. The summed E-state index contributed by atoms with van der Waals surface area (Å²) in [7, 11) is 3.52. The Morgan fingerprint density at radius 3 is 2.64 bits per heavy atom. The maximum absolute atomic E-state index is 11.7. The lowest BCUT2D eigenvalue weighted by atomic mass is 10.2. The first-order chi connectivity index (χ1) is 10.1. The molecule has 0 bridgehead atoms. The Hall–Kier alpha value is -0.180. The minimum Gasteiger partial charge on any atom is -0.356 e. The van der Waals surface area contributed by atoms with Gasteiger partial charge in [-0.15, -0.1) is 24.0 Å². The van der Waals surface area contributed by atoms with Gasteiger partial charge in [0.1, 0.15) is 6.54 Å². The van der Waals surface area contributed by atoms with Crippen molar-refractivity contribution in [3.8, 4) is 0 Å². The third-order valence-electron chi connectivity index (χ3n) is 3.75. The third kappa shape index (κ3) is 8.45. The van der Waals surface area contributed by atoms with Crippen molar-refractivity contribution in [2.45, 2.75) is 50.3 Å². The molecule has 0 aromatic rings. The summed E-state index contributed by atoms with van der Waals surface area (Å²) >= 11 is 1.95. The van der Waals surface area contributed by atoms with Crippen LogP contribution in [0.25, 0.3) is 0 Å². The Kier molecular flexibility index (Phi) is 12.2. The van der Waals surface area contributed by atoms with Crippen LogP contribution in [0, 0.1) is 0 Å². The van der Waals surface area contributed by atoms with Crippen LogP contribution in [0.4, 0.5) is 0 Å². The predicted octanol–water partition coefficient (Wildman–Crippen LogP) is 2.31. The number of carbonyl (C=O) groups excluding carboxylic acids is 1. The summed E-state index contributed by atoms with van der Waals surface area (Å²) in [5, 5.41) is 7.58. The molecular formula is C15H31IN4OS. The van der Waals surface area contributed by atoms with Crippen molar-refractivity contribution in [1.82, 2.24) is 15.5 Å². The normalized spacial score (nSPS) is 21.2. The highest BCUT2D eigenvalue weighted by atomic mass is 127. The molecule has 5 nitrogen and oxygen atoms in total. The molecule has 1 fully saturated rings. The van der Waals surface area contributed by atoms with Crippen LogP contribution in [0.15, 0.2) is 4.99 Å². The molecule has 1 aliphatic carbocycles. The third-order valence-corrected chi connectivity index (χ3v) is 4.85. The van der Waals surface area contributed by atoms with Crippen molar-refractivity contribution < 1.29 is 4.79 Å². The van der Waals surface area contributed by atoms with Crippen LogP contribution in [-0.2, 0) is 4.79 Å². The number of nitrogens with one attached hydrogen (secondary N) is 2. The minimum absolute atomic E-state index is 0. The van der Waals surface area contributed by atoms with Crippen LogP contribution in [0.3, 0.4) is 0 Å². The molecule has 130 valence electrons. The number of hydrogen-bond donors (Lipinski definition) is 2. The van der Waals surface area contributed by atoms with E-state index >= 15 is 0 Å². The van der Waals surface area contributed by atoms with Gasteiger partial charge in [-0.3, -0.25) is 4.79 Å². The molecule has 0 heterocycles. The van der Waals surface area contributed by atoms with Crippen molar-refractivity contribution in [2.75, 3.05) is 33.4 Å². The molecule has 1 saturated carbocycles. The highest BCUT2D eigenvalue weighted by Crippen LogP contribution is 2.27. The fraction of sp³-hybridized carbons (Fsp3) is 0.867. The molecule has 2 N–H and O–H groups in total. The maximum Gasteiger partial charge on any atom is 0.243 e. The summed E-state index contributed by atoms with van der Waals surface area (Å²) in [6.07, 6.45) is 8.06. The number of halogens is 1. The van der Waals surface area contributed by atoms with E-state index in [0.29, 0.717) is 6.04 Å². The molecule has 22 heavy (non-hydrogen) atoms. The predicted molar refractivity (Wildman–Crippen MR) is 107 cm³/mol. The largest absolute Gasteiger partial charge is 0.356 e. The van der Waals surface area contributed by atoms with Gasteiger partial charge in [0, 0.05) is 31.9 Å². The molecule has 2 atom stereocenters. The number of likely N-dealkylation sites (N-methyl/N-ethyl adjacent to an activating group) is 1. The lowest BCUT2D eigenvalue weighted by Crippen LogP contribution is -2.43. The highest BCUT2D eigenvalue weighted by Gasteiger charge is 2.24. The molecule has 0 aromatic carbocycles. The molecule has 0 saturated heterocycles. The van der Waals surface area contributed by atoms with Gasteiger partial charge in [0.05, 0.1) is 0 Å². The van der Waals surface area contributed by atoms with E-state index in [9.17, 15) is 4.79 Å². The van der Waals surface area contributed by atoms with Gasteiger partial charge < -0.3 is 15.5 Å². The zero-order chi connectivity index (χ0) is 15.7. The van der Waals surface area contributed by atoms with E-state index < -0.39 is 0 Å². The standard InChI is InChI=1S/C15H30N4OS.HI/c1-5-6-9-16-15(17-11-14(20)19(2)3)18-12-7-8-13(10-12)21-4;/h12-13H,5-11H2,1-4H3,(H2,16,17,18);1H. The van der Waals surface area contributed by atoms with Gasteiger partial charge >= 0.3 is 0 Å². The van der Waals surface area contributed by atoms with E-state index in [4.69, 9.17) is 0 Å². The minimum atomic E-state index is 0. The van der Waals surface area contributed by atoms with Crippen LogP contribution in [0.2, 0.25) is 0 Å². The Labute approximate surface area is 156 Å². The molecule has 2 unspecified atom stereocenters. The quantitative estimate of drug-likeness (QED) is 0.275. The first-order valence-corrected chi connectivity index (χ1v) is 9.13. The number of thioether (sulfide) groups is 1. The number of nitrogens with zero attached hydrogens (tertiary/aromatic N) is 2. The number of unbranched alkanes of at least 4 members (excludes halogenated alkanes) is 1. The van der Waals surface area contributed by atoms with Crippen molar-refractivity contribution in [3.05, 3.63) is 0 Å². The second-order valence-electron chi connectivity index (χ2n) is 5.75. The summed E-state index contributed by atoms with van der Waals surface area (Å²) in [5.74, 6) is 0.811. The van der Waals surface area contributed by atoms with Crippen molar-refractivity contribution >= 4 is 47.6 Å². The number of hydrogen-bond acceptors (Lipinski definition) is 3. The molecular weight excluding hydrogens is 411 g/mol. The van der Waals surface area contributed by atoms with Crippen LogP contribution in [0.1, 0.15) is 39.0 Å². The lowest BCUT2D eigenvalue weighted by molar-refractivity contribution is -0.127. The average Bonchev–Trinajstić information content (AvgIpc) is 2.91. The molecule has 0 aliphatic heterocycles. The van der Waals surface area contributed by atoms with Crippen LogP contribution in [-0.4, -0.2) is 61.5 Å². The lowest BCUT2D eigenvalue weighted by Gasteiger charge is -2.18. The van der Waals surface area contributed by atoms with Crippen molar-refractivity contribution in [3.63, 3.8) is 0 Å². The van der Waals surface area contributed by atoms with E-state index in [1.54, 1.807) is 19.0 Å². The fourth-order valence-corrected chi connectivity index (χ4v) is 3.10. The number of guanidine groups is 1. The fourth-order valence-electron chi connectivity index (χ4n) is 2.30. The van der Waals surface area contributed by atoms with Gasteiger partial charge in [-0.05, 0) is 31.9 Å². The van der Waals surface area contributed by atoms with E-state index in [1.807, 2.05) is 11.8 Å². The Balaban J connectivity index is 0.00000441. The topological polar surface area (TPSA) is 56.7 Å². The molecule has 1 aliphatic rings. The summed E-state index contributed by atoms with van der Waals surface area (Å²) in [6.45, 7) is 3.27. The molecule has 1 amide bonds. The number of rotatable bonds is 7. The Bertz CT molecular complexity index is 352. The smallest absolute Gasteiger partial charge is 0.243 e. The first-order valence-electron chi connectivity index (χ1n) is 7.84. The number of aliphatic imine (C=N–C) groups is 1. The average molecular weight is 442 g/mol. The summed E-state index contributed by atoms with van der Waals surface area (Å²) in [5.41, 5.74) is 0. The second-order valence-corrected chi connectivity index (χ2v) is 6.88. The Morgan fingerprint density at radius 1 is 1.36 bits per heavy atom. The molecule has 1 rings (SSSR count). The van der Waals surface area contributed by atoms with E-state index in [1.165, 1.54) is 19.3 Å². The Morgan fingerprint density at radius 2 is 2.09 bits per heavy atom. The maximum atomic E-state index is 11.7. The summed E-state index contributed by atoms with van der Waals surface area (Å²) < 4.78 is 0. The van der Waals surface area contributed by atoms with E-state index in [-0.39, 0.29) is 36.4 Å².